The first-order valence-corrected chi connectivity index (χ1v) is 8.80. The maximum atomic E-state index is 12.6. The first kappa shape index (κ1) is 13.6. The van der Waals surface area contributed by atoms with Crippen LogP contribution in [0.3, 0.4) is 0 Å². The van der Waals surface area contributed by atoms with Crippen molar-refractivity contribution in [2.24, 2.45) is 17.8 Å². The number of likely N-dealkylation sites (tertiary alicyclic amines) is 1. The van der Waals surface area contributed by atoms with Crippen LogP contribution >= 0.6 is 0 Å². The monoisotopic (exact) mass is 290 g/mol. The van der Waals surface area contributed by atoms with Crippen molar-refractivity contribution in [3.8, 4) is 0 Å². The Labute approximate surface area is 126 Å². The minimum atomic E-state index is -0.184. The zero-order valence-electron chi connectivity index (χ0n) is 12.7. The maximum absolute atomic E-state index is 12.6. The van der Waals surface area contributed by atoms with Crippen LogP contribution in [0.1, 0.15) is 57.8 Å². The van der Waals surface area contributed by atoms with Crippen LogP contribution in [0.4, 0.5) is 0 Å². The third-order valence-electron chi connectivity index (χ3n) is 6.12. The molecule has 4 atom stereocenters. The lowest BCUT2D eigenvalue weighted by Gasteiger charge is -2.27. The molecular weight excluding hydrogens is 264 g/mol. The van der Waals surface area contributed by atoms with Gasteiger partial charge in [-0.2, -0.15) is 0 Å². The first-order chi connectivity index (χ1) is 10.2. The molecule has 0 aromatic heterocycles. The lowest BCUT2D eigenvalue weighted by Crippen LogP contribution is -2.47. The Morgan fingerprint density at radius 1 is 1.05 bits per heavy atom. The number of hydrogen-bond donors (Lipinski definition) is 1. The van der Waals surface area contributed by atoms with Crippen LogP contribution in [0.25, 0.3) is 0 Å². The summed E-state index contributed by atoms with van der Waals surface area (Å²) in [6, 6.07) is 0.206. The van der Waals surface area contributed by atoms with Gasteiger partial charge in [0, 0.05) is 19.0 Å². The first-order valence-electron chi connectivity index (χ1n) is 8.80. The average Bonchev–Trinajstić information content (AvgIpc) is 2.94. The van der Waals surface area contributed by atoms with E-state index in [1.807, 2.05) is 4.90 Å². The zero-order valence-corrected chi connectivity index (χ0v) is 12.7. The van der Waals surface area contributed by atoms with E-state index in [1.54, 1.807) is 0 Å². The molecule has 0 aromatic carbocycles. The molecule has 4 rings (SSSR count). The summed E-state index contributed by atoms with van der Waals surface area (Å²) in [5, 5.41) is 3.07. The third-order valence-corrected chi connectivity index (χ3v) is 6.12. The lowest BCUT2D eigenvalue weighted by atomic mass is 9.86. The molecule has 4 aliphatic rings. The fourth-order valence-electron chi connectivity index (χ4n) is 4.83. The van der Waals surface area contributed by atoms with Gasteiger partial charge in [0.05, 0.1) is 0 Å². The second-order valence-corrected chi connectivity index (χ2v) is 7.67. The predicted octanol–water partition coefficient (Wildman–Crippen LogP) is 2.08. The molecule has 2 bridgehead atoms. The Hall–Kier alpha value is -1.06. The van der Waals surface area contributed by atoms with Crippen molar-refractivity contribution in [3.05, 3.63) is 0 Å². The molecule has 4 heteroatoms. The molecule has 1 saturated heterocycles. The van der Waals surface area contributed by atoms with E-state index in [1.165, 1.54) is 25.7 Å². The fourth-order valence-corrected chi connectivity index (χ4v) is 4.83. The summed E-state index contributed by atoms with van der Waals surface area (Å²) in [5.41, 5.74) is 0. The van der Waals surface area contributed by atoms with Crippen LogP contribution in [0.2, 0.25) is 0 Å². The van der Waals surface area contributed by atoms with Gasteiger partial charge in [-0.1, -0.05) is 6.42 Å². The van der Waals surface area contributed by atoms with Gasteiger partial charge in [-0.3, -0.25) is 9.59 Å². The van der Waals surface area contributed by atoms with Crippen molar-refractivity contribution < 1.29 is 9.59 Å². The summed E-state index contributed by atoms with van der Waals surface area (Å²) in [6.07, 6.45) is 10.0. The molecule has 4 fully saturated rings. The second-order valence-electron chi connectivity index (χ2n) is 7.67. The molecule has 4 unspecified atom stereocenters. The van der Waals surface area contributed by atoms with Crippen molar-refractivity contribution >= 4 is 11.8 Å². The van der Waals surface area contributed by atoms with E-state index in [9.17, 15) is 9.59 Å². The molecule has 0 radical (unpaired) electrons. The highest BCUT2D eigenvalue weighted by Crippen LogP contribution is 2.49. The number of rotatable bonds is 4. The number of nitrogens with one attached hydrogen (secondary N) is 1. The van der Waals surface area contributed by atoms with E-state index in [0.717, 1.165) is 44.1 Å². The number of amides is 2. The van der Waals surface area contributed by atoms with E-state index in [4.69, 9.17) is 0 Å². The molecule has 3 saturated carbocycles. The van der Waals surface area contributed by atoms with Crippen LogP contribution in [-0.2, 0) is 9.59 Å². The Morgan fingerprint density at radius 3 is 2.57 bits per heavy atom. The summed E-state index contributed by atoms with van der Waals surface area (Å²) in [4.78, 5) is 26.8. The largest absolute Gasteiger partial charge is 0.352 e. The smallest absolute Gasteiger partial charge is 0.243 e. The molecule has 2 amide bonds. The Bertz CT molecular complexity index is 446. The molecule has 0 aromatic rings. The van der Waals surface area contributed by atoms with Crippen LogP contribution in [0.5, 0.6) is 0 Å². The Balaban J connectivity index is 1.35. The van der Waals surface area contributed by atoms with Gasteiger partial charge in [0.2, 0.25) is 11.8 Å². The van der Waals surface area contributed by atoms with Crippen molar-refractivity contribution in [3.63, 3.8) is 0 Å². The van der Waals surface area contributed by atoms with Crippen molar-refractivity contribution in [1.29, 1.82) is 0 Å². The van der Waals surface area contributed by atoms with E-state index in [-0.39, 0.29) is 17.9 Å². The number of hydrogen-bond acceptors (Lipinski definition) is 2. The van der Waals surface area contributed by atoms with Crippen LogP contribution in [0.15, 0.2) is 0 Å². The van der Waals surface area contributed by atoms with Gasteiger partial charge in [0.1, 0.15) is 6.04 Å². The molecule has 1 N–H and O–H groups in total. The van der Waals surface area contributed by atoms with Gasteiger partial charge in [0.15, 0.2) is 0 Å². The third kappa shape index (κ3) is 2.69. The van der Waals surface area contributed by atoms with E-state index < -0.39 is 0 Å². The van der Waals surface area contributed by atoms with E-state index in [2.05, 4.69) is 5.32 Å². The summed E-state index contributed by atoms with van der Waals surface area (Å²) in [6.45, 7) is 0.780. The molecular formula is C17H26N2O2. The molecule has 1 heterocycles. The van der Waals surface area contributed by atoms with Crippen LogP contribution < -0.4 is 5.32 Å². The van der Waals surface area contributed by atoms with Gasteiger partial charge in [-0.05, 0) is 62.7 Å². The average molecular weight is 290 g/mol. The highest BCUT2D eigenvalue weighted by molar-refractivity contribution is 5.88. The van der Waals surface area contributed by atoms with Crippen LogP contribution in [0, 0.1) is 17.8 Å². The summed E-state index contributed by atoms with van der Waals surface area (Å²) >= 11 is 0. The van der Waals surface area contributed by atoms with Crippen molar-refractivity contribution in [2.45, 2.75) is 69.9 Å². The lowest BCUT2D eigenvalue weighted by molar-refractivity contribution is -0.139. The number of carbonyl (C=O) groups excluding carboxylic acids is 2. The van der Waals surface area contributed by atoms with Gasteiger partial charge < -0.3 is 10.2 Å². The van der Waals surface area contributed by atoms with Gasteiger partial charge in [0.25, 0.3) is 0 Å². The molecule has 1 aliphatic heterocycles. The normalized spacial score (nSPS) is 38.0. The Morgan fingerprint density at radius 2 is 1.90 bits per heavy atom. The van der Waals surface area contributed by atoms with Gasteiger partial charge >= 0.3 is 0 Å². The van der Waals surface area contributed by atoms with E-state index in [0.29, 0.717) is 18.4 Å². The van der Waals surface area contributed by atoms with Crippen molar-refractivity contribution in [1.82, 2.24) is 10.2 Å². The summed E-state index contributed by atoms with van der Waals surface area (Å²) in [7, 11) is 0. The standard InChI is InChI=1S/C17H26N2O2/c20-16(10-13-9-11-3-4-12(13)8-11)19-7-1-2-15(19)17(21)18-14-5-6-14/h11-15H,1-10H2,(H,18,21). The number of carbonyl (C=O) groups is 2. The van der Waals surface area contributed by atoms with Gasteiger partial charge in [-0.15, -0.1) is 0 Å². The summed E-state index contributed by atoms with van der Waals surface area (Å²) in [5.74, 6) is 2.61. The van der Waals surface area contributed by atoms with Gasteiger partial charge in [-0.25, -0.2) is 0 Å². The van der Waals surface area contributed by atoms with Crippen LogP contribution in [-0.4, -0.2) is 35.3 Å². The second kappa shape index (κ2) is 5.29. The molecule has 3 aliphatic carbocycles. The van der Waals surface area contributed by atoms with E-state index >= 15 is 0 Å². The quantitative estimate of drug-likeness (QED) is 0.862. The highest BCUT2D eigenvalue weighted by Gasteiger charge is 2.42. The molecule has 21 heavy (non-hydrogen) atoms. The highest BCUT2D eigenvalue weighted by atomic mass is 16.2. The minimum Gasteiger partial charge on any atom is -0.352 e. The Kier molecular flexibility index (Phi) is 3.43. The zero-order chi connectivity index (χ0) is 14.4. The SMILES string of the molecule is O=C(NC1CC1)C1CCCN1C(=O)CC1CC2CCC1C2. The number of fused-ring (bicyclic) bond motifs is 2. The minimum absolute atomic E-state index is 0.0938. The maximum Gasteiger partial charge on any atom is 0.243 e. The fraction of sp³-hybridized carbons (Fsp3) is 0.882. The molecule has 0 spiro atoms. The topological polar surface area (TPSA) is 49.4 Å². The number of nitrogens with zero attached hydrogens (tertiary/aromatic N) is 1. The summed E-state index contributed by atoms with van der Waals surface area (Å²) < 4.78 is 0. The molecule has 4 nitrogen and oxygen atoms in total. The molecule has 116 valence electrons. The predicted molar refractivity (Wildman–Crippen MR) is 79.5 cm³/mol. The van der Waals surface area contributed by atoms with Crippen molar-refractivity contribution in [2.75, 3.05) is 6.54 Å².